The maximum Gasteiger partial charge on any atom is 0.348 e. The number of fused-ring (bicyclic) bond motifs is 3. The zero-order chi connectivity index (χ0) is 19.1. The highest BCUT2D eigenvalue weighted by Gasteiger charge is 2.15. The van der Waals surface area contributed by atoms with Crippen molar-refractivity contribution in [3.05, 3.63) is 45.9 Å². The number of nitrogens with zero attached hydrogens (tertiary/aromatic N) is 5. The third-order valence-corrected chi connectivity index (χ3v) is 4.50. The van der Waals surface area contributed by atoms with E-state index in [1.165, 1.54) is 4.52 Å². The summed E-state index contributed by atoms with van der Waals surface area (Å²) >= 11 is 0. The molecule has 0 unspecified atom stereocenters. The van der Waals surface area contributed by atoms with Gasteiger partial charge in [0.2, 0.25) is 0 Å². The lowest BCUT2D eigenvalue weighted by Gasteiger charge is -2.09. The largest absolute Gasteiger partial charge is 0.493 e. The fourth-order valence-electron chi connectivity index (χ4n) is 3.22. The number of H-pyrrole nitrogens is 1. The van der Waals surface area contributed by atoms with Crippen LogP contribution in [-0.4, -0.2) is 43.6 Å². The maximum absolute atomic E-state index is 12.4. The smallest absolute Gasteiger partial charge is 0.348 e. The van der Waals surface area contributed by atoms with Crippen molar-refractivity contribution in [2.75, 3.05) is 14.2 Å². The molecule has 0 radical (unpaired) electrons. The Kier molecular flexibility index (Phi) is 4.06. The lowest BCUT2D eigenvalue weighted by atomic mass is 10.2. The molecule has 0 fully saturated rings. The molecule has 0 amide bonds. The number of ether oxygens (including phenoxy) is 2. The highest BCUT2D eigenvalue weighted by atomic mass is 16.5. The number of hydrogen-bond acceptors (Lipinski definition) is 6. The van der Waals surface area contributed by atoms with E-state index in [9.17, 15) is 4.79 Å². The first-order valence-electron chi connectivity index (χ1n) is 8.55. The first kappa shape index (κ1) is 17.1. The van der Waals surface area contributed by atoms with Crippen molar-refractivity contribution in [1.82, 2.24) is 29.4 Å². The molecule has 27 heavy (non-hydrogen) atoms. The molecule has 0 atom stereocenters. The molecule has 4 rings (SSSR count). The first-order chi connectivity index (χ1) is 13.0. The van der Waals surface area contributed by atoms with Crippen molar-refractivity contribution < 1.29 is 9.47 Å². The second kappa shape index (κ2) is 6.42. The van der Waals surface area contributed by atoms with Crippen molar-refractivity contribution in [3.63, 3.8) is 0 Å². The molecule has 9 heteroatoms. The van der Waals surface area contributed by atoms with Gasteiger partial charge < -0.3 is 14.5 Å². The number of aromatic nitrogens is 6. The Morgan fingerprint density at radius 1 is 1.07 bits per heavy atom. The molecule has 0 saturated heterocycles. The van der Waals surface area contributed by atoms with Crippen LogP contribution < -0.4 is 15.2 Å². The van der Waals surface area contributed by atoms with Crippen LogP contribution in [0, 0.1) is 13.8 Å². The Morgan fingerprint density at radius 3 is 2.48 bits per heavy atom. The van der Waals surface area contributed by atoms with Crippen LogP contribution in [0.2, 0.25) is 0 Å². The summed E-state index contributed by atoms with van der Waals surface area (Å²) in [5, 5.41) is 9.54. The Balaban J connectivity index is 1.78. The van der Waals surface area contributed by atoms with Gasteiger partial charge in [-0.15, -0.1) is 5.10 Å². The first-order valence-corrected chi connectivity index (χ1v) is 8.55. The minimum absolute atomic E-state index is 0.352. The number of methoxy groups -OCH3 is 2. The van der Waals surface area contributed by atoms with E-state index in [0.717, 1.165) is 16.8 Å². The van der Waals surface area contributed by atoms with Gasteiger partial charge in [0.15, 0.2) is 23.0 Å². The molecule has 140 valence electrons. The summed E-state index contributed by atoms with van der Waals surface area (Å²) in [4.78, 5) is 19.8. The van der Waals surface area contributed by atoms with Crippen LogP contribution in [0.3, 0.4) is 0 Å². The van der Waals surface area contributed by atoms with E-state index in [1.807, 2.05) is 24.6 Å². The van der Waals surface area contributed by atoms with Crippen molar-refractivity contribution in [2.24, 2.45) is 0 Å². The molecule has 0 aliphatic carbocycles. The lowest BCUT2D eigenvalue weighted by Crippen LogP contribution is -2.17. The zero-order valence-corrected chi connectivity index (χ0v) is 15.6. The second-order valence-corrected chi connectivity index (χ2v) is 6.35. The van der Waals surface area contributed by atoms with E-state index < -0.39 is 0 Å². The summed E-state index contributed by atoms with van der Waals surface area (Å²) < 4.78 is 13.9. The number of benzene rings is 1. The molecule has 1 aromatic carbocycles. The summed E-state index contributed by atoms with van der Waals surface area (Å²) in [6.45, 7) is 4.61. The van der Waals surface area contributed by atoms with Gasteiger partial charge >= 0.3 is 5.69 Å². The molecule has 0 saturated carbocycles. The lowest BCUT2D eigenvalue weighted by molar-refractivity contribution is 0.356. The van der Waals surface area contributed by atoms with Crippen molar-refractivity contribution >= 4 is 16.6 Å². The number of aryl methyl sites for hydroxylation is 4. The predicted octanol–water partition coefficient (Wildman–Crippen LogP) is 1.64. The quantitative estimate of drug-likeness (QED) is 0.575. The molecular formula is C18H20N6O3. The number of hydrogen-bond donors (Lipinski definition) is 1. The van der Waals surface area contributed by atoms with Gasteiger partial charge in [0.05, 0.1) is 25.4 Å². The van der Waals surface area contributed by atoms with E-state index in [1.54, 1.807) is 26.4 Å². The van der Waals surface area contributed by atoms with Gasteiger partial charge in [0, 0.05) is 30.1 Å². The Bertz CT molecular complexity index is 1200. The molecule has 3 aromatic heterocycles. The van der Waals surface area contributed by atoms with Crippen LogP contribution in [0.5, 0.6) is 11.5 Å². The number of aromatic amines is 1. The van der Waals surface area contributed by atoms with Crippen LogP contribution in [0.1, 0.15) is 17.2 Å². The van der Waals surface area contributed by atoms with Crippen molar-refractivity contribution in [3.8, 4) is 11.5 Å². The highest BCUT2D eigenvalue weighted by Crippen LogP contribution is 2.32. The van der Waals surface area contributed by atoms with E-state index in [2.05, 4.69) is 20.2 Å². The molecule has 4 aromatic rings. The van der Waals surface area contributed by atoms with E-state index >= 15 is 0 Å². The van der Waals surface area contributed by atoms with Gasteiger partial charge in [-0.05, 0) is 26.0 Å². The molecule has 9 nitrogen and oxygen atoms in total. The van der Waals surface area contributed by atoms with E-state index in [-0.39, 0.29) is 5.69 Å². The average molecular weight is 368 g/mol. The van der Waals surface area contributed by atoms with Crippen molar-refractivity contribution in [1.29, 1.82) is 0 Å². The molecule has 0 spiro atoms. The van der Waals surface area contributed by atoms with Gasteiger partial charge in [-0.25, -0.2) is 9.78 Å². The standard InChI is InChI=1S/C18H20N6O3/c1-10-7-11(2)23(21-10)6-5-16-20-17-12-8-14(26-3)15(27-4)9-13(12)19-18(25)24(17)22-16/h7-9H,5-6H2,1-4H3,(H,19,25). The minimum Gasteiger partial charge on any atom is -0.493 e. The summed E-state index contributed by atoms with van der Waals surface area (Å²) in [5.41, 5.74) is 2.80. The zero-order valence-electron chi connectivity index (χ0n) is 15.6. The predicted molar refractivity (Wildman–Crippen MR) is 99.6 cm³/mol. The summed E-state index contributed by atoms with van der Waals surface area (Å²) in [6.07, 6.45) is 0.567. The minimum atomic E-state index is -0.352. The van der Waals surface area contributed by atoms with Crippen LogP contribution in [0.25, 0.3) is 16.6 Å². The van der Waals surface area contributed by atoms with Gasteiger partial charge in [-0.1, -0.05) is 0 Å². The highest BCUT2D eigenvalue weighted by molar-refractivity contribution is 5.93. The molecular weight excluding hydrogens is 348 g/mol. The normalized spacial score (nSPS) is 11.4. The third-order valence-electron chi connectivity index (χ3n) is 4.50. The summed E-state index contributed by atoms with van der Waals surface area (Å²) in [6, 6.07) is 5.54. The number of rotatable bonds is 5. The molecule has 0 aliphatic heterocycles. The molecule has 0 bridgehead atoms. The Labute approximate surface area is 154 Å². The molecule has 0 aliphatic rings. The van der Waals surface area contributed by atoms with Crippen LogP contribution in [0.4, 0.5) is 0 Å². The topological polar surface area (TPSA) is 99.3 Å². The third kappa shape index (κ3) is 2.90. The Hall–Kier alpha value is -3.36. The van der Waals surface area contributed by atoms with Crippen LogP contribution in [0.15, 0.2) is 23.0 Å². The maximum atomic E-state index is 12.4. The SMILES string of the molecule is COc1cc2[nH]c(=O)n3nc(CCn4nc(C)cc4C)nc3c2cc1OC. The fraction of sp³-hybridized carbons (Fsp3) is 0.333. The van der Waals surface area contributed by atoms with E-state index in [4.69, 9.17) is 9.47 Å². The van der Waals surface area contributed by atoms with Gasteiger partial charge in [-0.3, -0.25) is 4.68 Å². The van der Waals surface area contributed by atoms with Gasteiger partial charge in [0.25, 0.3) is 0 Å². The Morgan fingerprint density at radius 2 is 1.81 bits per heavy atom. The van der Waals surface area contributed by atoms with Crippen LogP contribution in [-0.2, 0) is 13.0 Å². The van der Waals surface area contributed by atoms with Gasteiger partial charge in [0.1, 0.15) is 0 Å². The van der Waals surface area contributed by atoms with Crippen molar-refractivity contribution in [2.45, 2.75) is 26.8 Å². The van der Waals surface area contributed by atoms with E-state index in [0.29, 0.717) is 41.5 Å². The second-order valence-electron chi connectivity index (χ2n) is 6.35. The van der Waals surface area contributed by atoms with Gasteiger partial charge in [-0.2, -0.15) is 9.61 Å². The van der Waals surface area contributed by atoms with Crippen LogP contribution >= 0.6 is 0 Å². The summed E-state index contributed by atoms with van der Waals surface area (Å²) in [5.74, 6) is 1.68. The molecule has 3 heterocycles. The molecule has 1 N–H and O–H groups in total. The monoisotopic (exact) mass is 368 g/mol. The summed E-state index contributed by atoms with van der Waals surface area (Å²) in [7, 11) is 3.12. The number of nitrogens with one attached hydrogen (secondary N) is 1. The average Bonchev–Trinajstić information content (AvgIpc) is 3.22. The fourth-order valence-corrected chi connectivity index (χ4v) is 3.22.